The van der Waals surface area contributed by atoms with E-state index < -0.39 is 11.7 Å². The Balaban J connectivity index is 0.000000151. The average Bonchev–Trinajstić information content (AvgIpc) is 1.17. The summed E-state index contributed by atoms with van der Waals surface area (Å²) in [6.45, 7) is 39.4. The fourth-order valence-electron chi connectivity index (χ4n) is 19.1. The van der Waals surface area contributed by atoms with Crippen LogP contribution in [0.25, 0.3) is 15.6 Å². The molecule has 27 nitrogen and oxygen atoms in total. The Kier molecular flexibility index (Phi) is 27.7. The number of nitrogens with zero attached hydrogens (tertiary/aromatic N) is 21. The van der Waals surface area contributed by atoms with Crippen LogP contribution in [0.5, 0.6) is 18.0 Å². The largest absolute Gasteiger partial charge is 0.462 e. The van der Waals surface area contributed by atoms with Crippen LogP contribution in [0.15, 0.2) is 117 Å². The molecule has 0 spiro atoms. The Morgan fingerprint density at radius 1 is 0.520 bits per heavy atom. The van der Waals surface area contributed by atoms with Gasteiger partial charge in [0.2, 0.25) is 24.3 Å². The lowest BCUT2D eigenvalue weighted by Gasteiger charge is -2.42. The molecule has 0 saturated carbocycles. The summed E-state index contributed by atoms with van der Waals surface area (Å²) < 4.78 is 61.0. The first-order valence-electron chi connectivity index (χ1n) is 43.2. The molecule has 6 fully saturated rings. The highest BCUT2D eigenvalue weighted by atomic mass is 19.4. The minimum absolute atomic E-state index is 0.0526. The molecule has 30 heteroatoms. The summed E-state index contributed by atoms with van der Waals surface area (Å²) in [5.74, 6) is 1.93. The van der Waals surface area contributed by atoms with Crippen LogP contribution in [0.2, 0.25) is 0 Å². The van der Waals surface area contributed by atoms with Crippen molar-refractivity contribution in [1.82, 2.24) is 59.3 Å². The number of carbonyl (C=O) groups is 3. The number of alkyl halides is 3. The number of nitriles is 2. The van der Waals surface area contributed by atoms with Gasteiger partial charge in [-0.25, -0.2) is 6.57 Å². The standard InChI is InChI=1S/C33H39N7O2.C30H36F3N7O2.C30H39N7O2/c1-4-30(41)40-20-19-39(21-25(40)13-16-34)31-27-14-18-38(29-12-7-10-24-9-5-6-11-26(24)29)22-28(27)35-32(36-31)42-23-33(2)15-8-17-37(33)3;1-5-26(41)40-15-14-39(17-22(40)16-34-3)28-23-11-13-38(25-10-6-8-20(2)27(25)30(31,32)33)18-24(23)35-29(36-28)42-19-21-9-7-12-37(21)4;1-5-28(38)37-17-16-36(18-23(37)11-13-31)29-25-12-15-35(27-10-6-8-21(2)22(27)3)19-26(25)32-30(33-29)39-20-24-9-7-14-34(24)4/h4-7,9-12,25H,1,8,13-15,17-23H2,2-3H3;5-6,8,10,21-22H,1,7,9,11-19H2,2,4H3;5-6,8,10,23-24H,1,7,9,11-12,14-20H2,2-4H3/t25?,33-;21-,22-;23-,24-/m000/s1. The molecular formula is C93H114F3N21O6. The van der Waals surface area contributed by atoms with Gasteiger partial charge in [-0.2, -0.15) is 53.6 Å². The van der Waals surface area contributed by atoms with Crippen molar-refractivity contribution in [2.75, 3.05) is 175 Å². The fourth-order valence-corrected chi connectivity index (χ4v) is 19.1. The van der Waals surface area contributed by atoms with Crippen LogP contribution in [-0.4, -0.2) is 258 Å². The first kappa shape index (κ1) is 87.7. The van der Waals surface area contributed by atoms with Gasteiger partial charge in [0, 0.05) is 130 Å². The topological polar surface area (TPSA) is 247 Å². The molecule has 4 aromatic carbocycles. The molecule has 6 saturated heterocycles. The number of likely N-dealkylation sites (tertiary alicyclic amines) is 3. The number of fused-ring (bicyclic) bond motifs is 4. The third kappa shape index (κ3) is 19.6. The van der Waals surface area contributed by atoms with Crippen molar-refractivity contribution < 1.29 is 41.8 Å². The van der Waals surface area contributed by atoms with Crippen molar-refractivity contribution >= 4 is 63.0 Å². The van der Waals surface area contributed by atoms with Crippen LogP contribution >= 0.6 is 0 Å². The summed E-state index contributed by atoms with van der Waals surface area (Å²) in [6.07, 6.45) is 8.64. The Morgan fingerprint density at radius 2 is 0.951 bits per heavy atom. The van der Waals surface area contributed by atoms with Gasteiger partial charge in [0.25, 0.3) is 0 Å². The number of benzene rings is 4. The van der Waals surface area contributed by atoms with Crippen molar-refractivity contribution in [3.63, 3.8) is 0 Å². The second-order valence-corrected chi connectivity index (χ2v) is 34.0. The second-order valence-electron chi connectivity index (χ2n) is 34.0. The first-order chi connectivity index (χ1) is 59.4. The first-order valence-corrected chi connectivity index (χ1v) is 43.2. The van der Waals surface area contributed by atoms with E-state index >= 15 is 0 Å². The Bertz CT molecular complexity index is 5180. The van der Waals surface area contributed by atoms with Crippen molar-refractivity contribution in [1.29, 1.82) is 10.5 Å². The SMILES string of the molecule is C=CC(=O)N1CCN(c2nc(OC[C@@H]3CCCN3C)nc3c2CCN(c2cccc(C)c2C)C3)C[C@@H]1CC#N.C=CC(=O)N1CCN(c2nc(OC[C@]3(C)CCCN3C)nc3c2CCN(c2cccc4ccccc24)C3)CC1CC#N.[C-]#[N+]C[C@H]1CN(c2nc(OC[C@@H]3CCCN3C)nc3c2CCN(c2cccc(C)c2C(F)(F)F)C3)CCN1C(=O)C=C. The van der Waals surface area contributed by atoms with E-state index in [0.29, 0.717) is 134 Å². The second kappa shape index (κ2) is 38.8. The highest BCUT2D eigenvalue weighted by molar-refractivity contribution is 5.94. The summed E-state index contributed by atoms with van der Waals surface area (Å²) in [7, 11) is 6.35. The predicted octanol–water partition coefficient (Wildman–Crippen LogP) is 11.4. The minimum atomic E-state index is -4.49. The number of anilines is 6. The number of carbonyl (C=O) groups excluding carboxylic acids is 3. The van der Waals surface area contributed by atoms with Gasteiger partial charge in [0.15, 0.2) is 0 Å². The zero-order valence-electron chi connectivity index (χ0n) is 72.1. The number of halogens is 3. The quantitative estimate of drug-likeness (QED) is 0.0479. The molecule has 12 heterocycles. The van der Waals surface area contributed by atoms with Crippen molar-refractivity contribution in [2.24, 2.45) is 0 Å². The molecule has 7 aromatic rings. The van der Waals surface area contributed by atoms with Crippen LogP contribution in [0, 0.1) is 50.0 Å². The number of hydrogen-bond acceptors (Lipinski definition) is 23. The van der Waals surface area contributed by atoms with Crippen molar-refractivity contribution in [3.05, 3.63) is 184 Å². The number of aromatic nitrogens is 6. The number of aryl methyl sites for hydroxylation is 2. The molecule has 9 aliphatic rings. The summed E-state index contributed by atoms with van der Waals surface area (Å²) >= 11 is 0. The maximum atomic E-state index is 14.1. The third-order valence-electron chi connectivity index (χ3n) is 26.4. The molecule has 648 valence electrons. The van der Waals surface area contributed by atoms with Gasteiger partial charge in [-0.15, -0.1) is 0 Å². The van der Waals surface area contributed by atoms with Crippen LogP contribution in [0.1, 0.15) is 114 Å². The van der Waals surface area contributed by atoms with Crippen LogP contribution in [0.4, 0.5) is 47.7 Å². The van der Waals surface area contributed by atoms with Gasteiger partial charge in [0.05, 0.1) is 84.9 Å². The molecule has 9 aliphatic heterocycles. The molecule has 6 atom stereocenters. The summed E-state index contributed by atoms with van der Waals surface area (Å²) in [5, 5.41) is 21.4. The van der Waals surface area contributed by atoms with Crippen LogP contribution in [0.3, 0.4) is 0 Å². The predicted molar refractivity (Wildman–Crippen MR) is 470 cm³/mol. The lowest BCUT2D eigenvalue weighted by atomic mass is 10.00. The molecular weight excluding hydrogens is 1560 g/mol. The van der Waals surface area contributed by atoms with E-state index in [9.17, 15) is 38.1 Å². The van der Waals surface area contributed by atoms with Crippen LogP contribution < -0.4 is 43.6 Å². The van der Waals surface area contributed by atoms with E-state index in [1.807, 2.05) is 0 Å². The third-order valence-corrected chi connectivity index (χ3v) is 26.4. The fraction of sp³-hybridized carbons (Fsp3) is 0.505. The Labute approximate surface area is 720 Å². The van der Waals surface area contributed by atoms with Crippen molar-refractivity contribution in [3.8, 4) is 30.2 Å². The lowest BCUT2D eigenvalue weighted by Crippen LogP contribution is -2.56. The van der Waals surface area contributed by atoms with Gasteiger partial charge >= 0.3 is 24.2 Å². The van der Waals surface area contributed by atoms with Gasteiger partial charge < -0.3 is 73.0 Å². The smallest absolute Gasteiger partial charge is 0.418 e. The minimum Gasteiger partial charge on any atom is -0.462 e. The summed E-state index contributed by atoms with van der Waals surface area (Å²) in [6, 6.07) is 31.4. The van der Waals surface area contributed by atoms with Gasteiger partial charge in [-0.3, -0.25) is 19.3 Å². The summed E-state index contributed by atoms with van der Waals surface area (Å²) in [4.78, 5) is 95.6. The van der Waals surface area contributed by atoms with E-state index in [1.54, 1.807) is 25.7 Å². The Morgan fingerprint density at radius 3 is 1.41 bits per heavy atom. The Hall–Kier alpha value is -11.7. The highest BCUT2D eigenvalue weighted by Gasteiger charge is 2.42. The zero-order chi connectivity index (χ0) is 86.8. The highest BCUT2D eigenvalue weighted by Crippen LogP contribution is 2.43. The molecule has 3 aromatic heterocycles. The monoisotopic (exact) mass is 1680 g/mol. The normalized spacial score (nSPS) is 21.7. The van der Waals surface area contributed by atoms with E-state index in [1.165, 1.54) is 77.0 Å². The molecule has 1 unspecified atom stereocenters. The van der Waals surface area contributed by atoms with Gasteiger partial charge in [0.1, 0.15) is 43.3 Å². The van der Waals surface area contributed by atoms with E-state index in [4.69, 9.17) is 50.7 Å². The van der Waals surface area contributed by atoms with Crippen molar-refractivity contribution in [2.45, 2.75) is 160 Å². The maximum Gasteiger partial charge on any atom is 0.418 e. The van der Waals surface area contributed by atoms with E-state index in [-0.39, 0.29) is 90.6 Å². The van der Waals surface area contributed by atoms with Crippen LogP contribution in [-0.2, 0) is 59.5 Å². The number of likely N-dealkylation sites (N-methyl/N-ethyl adjacent to an activating group) is 3. The number of hydrogen-bond donors (Lipinski definition) is 0. The number of ether oxygens (including phenoxy) is 3. The van der Waals surface area contributed by atoms with E-state index in [0.717, 1.165) is 117 Å². The zero-order valence-corrected chi connectivity index (χ0v) is 72.1. The maximum absolute atomic E-state index is 14.1. The van der Waals surface area contributed by atoms with Gasteiger partial charge in [-0.05, 0) is 185 Å². The van der Waals surface area contributed by atoms with E-state index in [2.05, 4.69) is 178 Å². The molecule has 123 heavy (non-hydrogen) atoms. The number of piperazine rings is 3. The molecule has 16 rings (SSSR count). The average molecular weight is 1680 g/mol. The molecule has 0 radical (unpaired) electrons. The number of rotatable bonds is 21. The number of amides is 3. The molecule has 0 aliphatic carbocycles. The molecule has 0 N–H and O–H groups in total. The lowest BCUT2D eigenvalue weighted by molar-refractivity contribution is -0.137. The summed E-state index contributed by atoms with van der Waals surface area (Å²) in [5.41, 5.74) is 10.4. The molecule has 3 amide bonds. The molecule has 0 bridgehead atoms. The van der Waals surface area contributed by atoms with Gasteiger partial charge in [-0.1, -0.05) is 80.4 Å².